The number of sulfonamides is 1. The van der Waals surface area contributed by atoms with Gasteiger partial charge in [0, 0.05) is 12.0 Å². The molecule has 2 rings (SSSR count). The van der Waals surface area contributed by atoms with Crippen molar-refractivity contribution in [2.75, 3.05) is 13.2 Å². The summed E-state index contributed by atoms with van der Waals surface area (Å²) in [4.78, 5) is 0.149. The molecule has 0 spiro atoms. The summed E-state index contributed by atoms with van der Waals surface area (Å²) in [5.41, 5.74) is 2.27. The Bertz CT molecular complexity index is 728. The maximum absolute atomic E-state index is 11.2. The van der Waals surface area contributed by atoms with Crippen LogP contribution >= 0.6 is 0 Å². The Hall–Kier alpha value is -1.89. The van der Waals surface area contributed by atoms with Crippen molar-refractivity contribution in [1.29, 1.82) is 0 Å². The second-order valence-corrected chi connectivity index (χ2v) is 6.82. The lowest BCUT2D eigenvalue weighted by Gasteiger charge is -2.09. The van der Waals surface area contributed by atoms with Crippen LogP contribution in [0.5, 0.6) is 5.75 Å². The molecule has 0 saturated carbocycles. The van der Waals surface area contributed by atoms with Gasteiger partial charge >= 0.3 is 0 Å². The van der Waals surface area contributed by atoms with Crippen molar-refractivity contribution in [2.45, 2.75) is 24.8 Å². The van der Waals surface area contributed by atoms with E-state index < -0.39 is 10.0 Å². The molecule has 0 saturated heterocycles. The van der Waals surface area contributed by atoms with E-state index in [0.717, 1.165) is 30.8 Å². The third-order valence-electron chi connectivity index (χ3n) is 3.53. The third-order valence-corrected chi connectivity index (χ3v) is 4.45. The highest BCUT2D eigenvalue weighted by Gasteiger charge is 2.07. The Morgan fingerprint density at radius 1 is 1.09 bits per heavy atom. The number of hydrogen-bond acceptors (Lipinski definition) is 3. The minimum atomic E-state index is -3.61. The van der Waals surface area contributed by atoms with Gasteiger partial charge in [0.05, 0.1) is 18.0 Å². The van der Waals surface area contributed by atoms with E-state index in [1.807, 2.05) is 37.3 Å². The van der Waals surface area contributed by atoms with E-state index in [1.165, 1.54) is 5.56 Å². The lowest BCUT2D eigenvalue weighted by Crippen LogP contribution is -2.83. The largest absolute Gasteiger partial charge is 0.493 e. The van der Waals surface area contributed by atoms with Crippen molar-refractivity contribution < 1.29 is 18.5 Å². The number of primary sulfonamides is 1. The van der Waals surface area contributed by atoms with Crippen molar-refractivity contribution in [3.63, 3.8) is 0 Å². The SMILES string of the molecule is CCOc1ccccc1C[NH2+]CCc1ccc(S(N)(=O)=O)cc1. The number of benzene rings is 2. The lowest BCUT2D eigenvalue weighted by molar-refractivity contribution is -0.670. The molecule has 0 bridgehead atoms. The summed E-state index contributed by atoms with van der Waals surface area (Å²) < 4.78 is 28.0. The highest BCUT2D eigenvalue weighted by atomic mass is 32.2. The molecule has 23 heavy (non-hydrogen) atoms. The van der Waals surface area contributed by atoms with Crippen LogP contribution in [0.3, 0.4) is 0 Å². The van der Waals surface area contributed by atoms with Crippen LogP contribution in [-0.4, -0.2) is 21.6 Å². The molecule has 124 valence electrons. The van der Waals surface area contributed by atoms with E-state index in [9.17, 15) is 8.42 Å². The summed E-state index contributed by atoms with van der Waals surface area (Å²) in [7, 11) is -3.61. The zero-order valence-electron chi connectivity index (χ0n) is 13.2. The van der Waals surface area contributed by atoms with Gasteiger partial charge in [-0.3, -0.25) is 0 Å². The Labute approximate surface area is 137 Å². The monoisotopic (exact) mass is 335 g/mol. The van der Waals surface area contributed by atoms with E-state index >= 15 is 0 Å². The van der Waals surface area contributed by atoms with Crippen molar-refractivity contribution in [3.8, 4) is 5.75 Å². The molecule has 6 heteroatoms. The van der Waals surface area contributed by atoms with Gasteiger partial charge in [-0.15, -0.1) is 0 Å². The van der Waals surface area contributed by atoms with Crippen molar-refractivity contribution >= 4 is 10.0 Å². The number of rotatable bonds is 8. The zero-order chi connectivity index (χ0) is 16.7. The van der Waals surface area contributed by atoms with Crippen LogP contribution in [0.15, 0.2) is 53.4 Å². The zero-order valence-corrected chi connectivity index (χ0v) is 14.1. The van der Waals surface area contributed by atoms with Crippen LogP contribution in [0.1, 0.15) is 18.1 Å². The smallest absolute Gasteiger partial charge is 0.238 e. The van der Waals surface area contributed by atoms with Gasteiger partial charge in [-0.25, -0.2) is 13.6 Å². The fourth-order valence-corrected chi connectivity index (χ4v) is 2.86. The molecule has 4 N–H and O–H groups in total. The van der Waals surface area contributed by atoms with E-state index in [1.54, 1.807) is 12.1 Å². The van der Waals surface area contributed by atoms with Crippen molar-refractivity contribution in [2.24, 2.45) is 5.14 Å². The topological polar surface area (TPSA) is 86.0 Å². The van der Waals surface area contributed by atoms with Crippen LogP contribution in [-0.2, 0) is 23.0 Å². The molecule has 0 fully saturated rings. The fourth-order valence-electron chi connectivity index (χ4n) is 2.34. The normalized spacial score (nSPS) is 11.4. The van der Waals surface area contributed by atoms with Gasteiger partial charge in [-0.05, 0) is 36.8 Å². The number of ether oxygens (including phenoxy) is 1. The predicted octanol–water partition coefficient (Wildman–Crippen LogP) is 1.04. The van der Waals surface area contributed by atoms with Gasteiger partial charge in [-0.2, -0.15) is 0 Å². The molecule has 0 atom stereocenters. The molecule has 0 heterocycles. The van der Waals surface area contributed by atoms with Crippen LogP contribution < -0.4 is 15.2 Å². The van der Waals surface area contributed by atoms with Crippen LogP contribution in [0.25, 0.3) is 0 Å². The second-order valence-electron chi connectivity index (χ2n) is 5.26. The molecule has 0 aliphatic carbocycles. The quantitative estimate of drug-likeness (QED) is 0.707. The summed E-state index contributed by atoms with van der Waals surface area (Å²) in [6.45, 7) is 4.40. The first-order chi connectivity index (χ1) is 11.0. The molecule has 0 aliphatic heterocycles. The van der Waals surface area contributed by atoms with Gasteiger partial charge in [0.15, 0.2) is 0 Å². The van der Waals surface area contributed by atoms with Gasteiger partial charge in [0.25, 0.3) is 0 Å². The molecule has 2 aromatic rings. The molecular weight excluding hydrogens is 312 g/mol. The minimum absolute atomic E-state index is 0.149. The van der Waals surface area contributed by atoms with Crippen LogP contribution in [0.4, 0.5) is 0 Å². The standard InChI is InChI=1S/C17H22N2O3S/c1-2-22-17-6-4-3-5-15(17)13-19-12-11-14-7-9-16(10-8-14)23(18,20)21/h3-10,19H,2,11-13H2,1H3,(H2,18,20,21)/p+1. The van der Waals surface area contributed by atoms with E-state index in [2.05, 4.69) is 11.4 Å². The van der Waals surface area contributed by atoms with Crippen LogP contribution in [0.2, 0.25) is 0 Å². The Balaban J connectivity index is 1.84. The second kappa shape index (κ2) is 8.10. The number of para-hydroxylation sites is 1. The van der Waals surface area contributed by atoms with Crippen molar-refractivity contribution in [1.82, 2.24) is 0 Å². The Morgan fingerprint density at radius 3 is 2.43 bits per heavy atom. The molecule has 0 radical (unpaired) electrons. The average molecular weight is 335 g/mol. The van der Waals surface area contributed by atoms with Gasteiger partial charge < -0.3 is 10.1 Å². The minimum Gasteiger partial charge on any atom is -0.493 e. The lowest BCUT2D eigenvalue weighted by atomic mass is 10.1. The molecular formula is C17H23N2O3S+. The fraction of sp³-hybridized carbons (Fsp3) is 0.294. The summed E-state index contributed by atoms with van der Waals surface area (Å²) in [6, 6.07) is 14.8. The number of quaternary nitrogens is 1. The van der Waals surface area contributed by atoms with Gasteiger partial charge in [-0.1, -0.05) is 24.3 Å². The summed E-state index contributed by atoms with van der Waals surface area (Å²) in [6.07, 6.45) is 0.863. The van der Waals surface area contributed by atoms with Gasteiger partial charge in [0.2, 0.25) is 10.0 Å². The summed E-state index contributed by atoms with van der Waals surface area (Å²) >= 11 is 0. The molecule has 0 amide bonds. The summed E-state index contributed by atoms with van der Waals surface area (Å²) in [5, 5.41) is 7.30. The average Bonchev–Trinajstić information content (AvgIpc) is 2.53. The predicted molar refractivity (Wildman–Crippen MR) is 89.6 cm³/mol. The Morgan fingerprint density at radius 2 is 1.78 bits per heavy atom. The Kier molecular flexibility index (Phi) is 6.15. The number of nitrogens with two attached hydrogens (primary N) is 2. The molecule has 2 aromatic carbocycles. The first-order valence-corrected chi connectivity index (χ1v) is 9.19. The number of hydrogen-bond donors (Lipinski definition) is 2. The van der Waals surface area contributed by atoms with Gasteiger partial charge in [0.1, 0.15) is 12.3 Å². The van der Waals surface area contributed by atoms with E-state index in [-0.39, 0.29) is 4.90 Å². The highest BCUT2D eigenvalue weighted by molar-refractivity contribution is 7.89. The molecule has 5 nitrogen and oxygen atoms in total. The molecule has 0 aliphatic rings. The first kappa shape index (κ1) is 17.5. The summed E-state index contributed by atoms with van der Waals surface area (Å²) in [5.74, 6) is 0.934. The molecule has 0 unspecified atom stereocenters. The first-order valence-electron chi connectivity index (χ1n) is 7.65. The van der Waals surface area contributed by atoms with E-state index in [0.29, 0.717) is 6.61 Å². The third kappa shape index (κ3) is 5.35. The highest BCUT2D eigenvalue weighted by Crippen LogP contribution is 2.16. The molecule has 0 aromatic heterocycles. The maximum atomic E-state index is 11.2. The van der Waals surface area contributed by atoms with E-state index in [4.69, 9.17) is 9.88 Å². The van der Waals surface area contributed by atoms with Crippen molar-refractivity contribution in [3.05, 3.63) is 59.7 Å². The van der Waals surface area contributed by atoms with Crippen LogP contribution in [0, 0.1) is 0 Å². The maximum Gasteiger partial charge on any atom is 0.238 e.